The number of likely N-dealkylation sites (tertiary alicyclic amines) is 1. The van der Waals surface area contributed by atoms with E-state index in [1.807, 2.05) is 23.1 Å². The molecule has 1 saturated heterocycles. The Bertz CT molecular complexity index is 707. The van der Waals surface area contributed by atoms with Gasteiger partial charge in [0.05, 0.1) is 0 Å². The summed E-state index contributed by atoms with van der Waals surface area (Å²) < 4.78 is 0. The number of nitrogens with one attached hydrogen (secondary N) is 1. The molecule has 0 bridgehead atoms. The molecule has 2 aromatic rings. The maximum Gasteiger partial charge on any atom is 0.222 e. The summed E-state index contributed by atoms with van der Waals surface area (Å²) in [5, 5.41) is 5.21. The monoisotopic (exact) mass is 384 g/mol. The minimum Gasteiger partial charge on any atom is -0.353 e. The molecule has 1 aromatic heterocycles. The van der Waals surface area contributed by atoms with Gasteiger partial charge in [0, 0.05) is 36.9 Å². The van der Waals surface area contributed by atoms with E-state index in [-0.39, 0.29) is 17.9 Å². The van der Waals surface area contributed by atoms with Crippen molar-refractivity contribution in [1.82, 2.24) is 10.2 Å². The van der Waals surface area contributed by atoms with Gasteiger partial charge in [-0.2, -0.15) is 0 Å². The molecule has 0 unspecified atom stereocenters. The van der Waals surface area contributed by atoms with Crippen LogP contribution in [-0.2, 0) is 22.4 Å². The minimum atomic E-state index is 0.111. The molecule has 1 aliphatic rings. The van der Waals surface area contributed by atoms with Crippen LogP contribution < -0.4 is 5.32 Å². The fourth-order valence-corrected chi connectivity index (χ4v) is 4.25. The van der Waals surface area contributed by atoms with Crippen molar-refractivity contribution in [2.24, 2.45) is 0 Å². The van der Waals surface area contributed by atoms with Gasteiger partial charge in [0.15, 0.2) is 0 Å². The van der Waals surface area contributed by atoms with Crippen LogP contribution in [0.25, 0.3) is 0 Å². The Morgan fingerprint density at radius 2 is 1.78 bits per heavy atom. The summed E-state index contributed by atoms with van der Waals surface area (Å²) in [6.45, 7) is 1.50. The second-order valence-electron chi connectivity index (χ2n) is 7.14. The third-order valence-corrected chi connectivity index (χ3v) is 6.03. The Kier molecular flexibility index (Phi) is 7.45. The van der Waals surface area contributed by atoms with Gasteiger partial charge in [-0.05, 0) is 49.1 Å². The molecule has 1 aliphatic heterocycles. The normalized spacial score (nSPS) is 14.9. The fraction of sp³-hybridized carbons (Fsp3) is 0.455. The molecule has 0 saturated carbocycles. The number of piperidine rings is 1. The first kappa shape index (κ1) is 19.6. The zero-order chi connectivity index (χ0) is 18.9. The Balaban J connectivity index is 1.31. The second-order valence-corrected chi connectivity index (χ2v) is 8.17. The van der Waals surface area contributed by atoms with E-state index in [1.165, 1.54) is 10.4 Å². The molecule has 5 heteroatoms. The highest BCUT2D eigenvalue weighted by molar-refractivity contribution is 7.09. The number of thiophene rings is 1. The van der Waals surface area contributed by atoms with Gasteiger partial charge in [-0.15, -0.1) is 11.3 Å². The van der Waals surface area contributed by atoms with Gasteiger partial charge in [0.2, 0.25) is 11.8 Å². The summed E-state index contributed by atoms with van der Waals surface area (Å²) >= 11 is 1.75. The van der Waals surface area contributed by atoms with E-state index in [0.29, 0.717) is 12.8 Å². The molecular weight excluding hydrogens is 356 g/mol. The smallest absolute Gasteiger partial charge is 0.222 e. The lowest BCUT2D eigenvalue weighted by atomic mass is 10.0. The van der Waals surface area contributed by atoms with Crippen molar-refractivity contribution in [2.45, 2.75) is 51.0 Å². The molecule has 144 valence electrons. The number of carbonyl (C=O) groups excluding carboxylic acids is 2. The molecule has 2 amide bonds. The zero-order valence-electron chi connectivity index (χ0n) is 15.7. The largest absolute Gasteiger partial charge is 0.353 e. The lowest BCUT2D eigenvalue weighted by Crippen LogP contribution is -2.46. The van der Waals surface area contributed by atoms with Gasteiger partial charge in [-0.1, -0.05) is 36.4 Å². The third-order valence-electron chi connectivity index (χ3n) is 5.09. The topological polar surface area (TPSA) is 49.4 Å². The molecule has 0 radical (unpaired) electrons. The van der Waals surface area contributed by atoms with Gasteiger partial charge in [-0.25, -0.2) is 0 Å². The summed E-state index contributed by atoms with van der Waals surface area (Å²) in [5.41, 5.74) is 1.19. The number of rotatable bonds is 8. The van der Waals surface area contributed by atoms with E-state index in [4.69, 9.17) is 0 Å². The number of aryl methyl sites for hydroxylation is 2. The lowest BCUT2D eigenvalue weighted by molar-refractivity contribution is -0.132. The van der Waals surface area contributed by atoms with Crippen LogP contribution in [0.15, 0.2) is 47.8 Å². The van der Waals surface area contributed by atoms with Crippen LogP contribution in [0.3, 0.4) is 0 Å². The number of amides is 2. The third kappa shape index (κ3) is 6.51. The van der Waals surface area contributed by atoms with Crippen LogP contribution in [0, 0.1) is 0 Å². The molecule has 0 atom stereocenters. The Morgan fingerprint density at radius 1 is 1.00 bits per heavy atom. The molecule has 2 heterocycles. The summed E-state index contributed by atoms with van der Waals surface area (Å²) in [5.74, 6) is 0.361. The van der Waals surface area contributed by atoms with Crippen LogP contribution in [0.1, 0.15) is 42.5 Å². The molecule has 1 aromatic carbocycles. The summed E-state index contributed by atoms with van der Waals surface area (Å²) in [6, 6.07) is 14.5. The molecule has 4 nitrogen and oxygen atoms in total. The van der Waals surface area contributed by atoms with E-state index in [9.17, 15) is 9.59 Å². The Labute approximate surface area is 165 Å². The van der Waals surface area contributed by atoms with E-state index >= 15 is 0 Å². The molecule has 3 rings (SSSR count). The minimum absolute atomic E-state index is 0.111. The fourth-order valence-electron chi connectivity index (χ4n) is 3.50. The van der Waals surface area contributed by atoms with E-state index in [0.717, 1.165) is 45.2 Å². The van der Waals surface area contributed by atoms with Crippen molar-refractivity contribution in [3.05, 3.63) is 58.3 Å². The number of benzene rings is 1. The van der Waals surface area contributed by atoms with Crippen molar-refractivity contribution < 1.29 is 9.59 Å². The Hall–Kier alpha value is -2.14. The van der Waals surface area contributed by atoms with Crippen LogP contribution in [0.4, 0.5) is 0 Å². The molecular formula is C22H28N2O2S. The second kappa shape index (κ2) is 10.3. The van der Waals surface area contributed by atoms with Crippen LogP contribution in [0.5, 0.6) is 0 Å². The number of hydrogen-bond donors (Lipinski definition) is 1. The van der Waals surface area contributed by atoms with Crippen molar-refractivity contribution in [3.63, 3.8) is 0 Å². The average Bonchev–Trinajstić information content (AvgIpc) is 3.21. The summed E-state index contributed by atoms with van der Waals surface area (Å²) in [6.07, 6.45) is 5.51. The number of carbonyl (C=O) groups is 2. The highest BCUT2D eigenvalue weighted by atomic mass is 32.1. The van der Waals surface area contributed by atoms with Gasteiger partial charge in [0.1, 0.15) is 0 Å². The van der Waals surface area contributed by atoms with Gasteiger partial charge in [0.25, 0.3) is 0 Å². The van der Waals surface area contributed by atoms with Gasteiger partial charge < -0.3 is 10.2 Å². The predicted molar refractivity (Wildman–Crippen MR) is 110 cm³/mol. The van der Waals surface area contributed by atoms with Crippen molar-refractivity contribution in [2.75, 3.05) is 13.1 Å². The van der Waals surface area contributed by atoms with Crippen molar-refractivity contribution >= 4 is 23.2 Å². The maximum absolute atomic E-state index is 12.4. The van der Waals surface area contributed by atoms with Crippen molar-refractivity contribution in [1.29, 1.82) is 0 Å². The maximum atomic E-state index is 12.4. The SMILES string of the molecule is O=C(CCc1ccccc1)NC1CCN(C(=O)CCCc2cccs2)CC1. The van der Waals surface area contributed by atoms with E-state index in [2.05, 4.69) is 35.0 Å². The first-order valence-corrected chi connectivity index (χ1v) is 10.7. The number of hydrogen-bond acceptors (Lipinski definition) is 3. The van der Waals surface area contributed by atoms with Gasteiger partial charge >= 0.3 is 0 Å². The first-order chi connectivity index (χ1) is 13.2. The molecule has 1 fully saturated rings. The van der Waals surface area contributed by atoms with Crippen LogP contribution in [0.2, 0.25) is 0 Å². The first-order valence-electron chi connectivity index (χ1n) is 9.84. The number of nitrogens with zero attached hydrogens (tertiary/aromatic N) is 1. The highest BCUT2D eigenvalue weighted by Gasteiger charge is 2.23. The van der Waals surface area contributed by atoms with E-state index < -0.39 is 0 Å². The Morgan fingerprint density at radius 3 is 2.48 bits per heavy atom. The molecule has 27 heavy (non-hydrogen) atoms. The standard InChI is InChI=1S/C22H28N2O2S/c25-21(12-11-18-6-2-1-3-7-18)23-19-13-15-24(16-14-19)22(26)10-4-8-20-9-5-17-27-20/h1-3,5-7,9,17,19H,4,8,10-16H2,(H,23,25). The predicted octanol–water partition coefficient (Wildman–Crippen LogP) is 3.81. The molecule has 1 N–H and O–H groups in total. The molecule has 0 spiro atoms. The molecule has 0 aliphatic carbocycles. The van der Waals surface area contributed by atoms with Crippen LogP contribution in [-0.4, -0.2) is 35.8 Å². The van der Waals surface area contributed by atoms with E-state index in [1.54, 1.807) is 11.3 Å². The van der Waals surface area contributed by atoms with Crippen LogP contribution >= 0.6 is 11.3 Å². The zero-order valence-corrected chi connectivity index (χ0v) is 16.5. The average molecular weight is 385 g/mol. The van der Waals surface area contributed by atoms with Gasteiger partial charge in [-0.3, -0.25) is 9.59 Å². The van der Waals surface area contributed by atoms with Crippen molar-refractivity contribution in [3.8, 4) is 0 Å². The lowest BCUT2D eigenvalue weighted by Gasteiger charge is -2.32. The summed E-state index contributed by atoms with van der Waals surface area (Å²) in [4.78, 5) is 27.8. The summed E-state index contributed by atoms with van der Waals surface area (Å²) in [7, 11) is 0. The highest BCUT2D eigenvalue weighted by Crippen LogP contribution is 2.15. The quantitative estimate of drug-likeness (QED) is 0.752.